The first kappa shape index (κ1) is 21.8. The molecule has 30 heavy (non-hydrogen) atoms. The van der Waals surface area contributed by atoms with Gasteiger partial charge in [-0.15, -0.1) is 0 Å². The fourth-order valence-electron chi connectivity index (χ4n) is 3.57. The monoisotopic (exact) mass is 411 g/mol. The second-order valence-electron chi connectivity index (χ2n) is 6.94. The van der Waals surface area contributed by atoms with Gasteiger partial charge < -0.3 is 4.90 Å². The van der Waals surface area contributed by atoms with Crippen LogP contribution in [-0.4, -0.2) is 14.1 Å². The minimum Gasteiger partial charge on any atom is -0.377 e. The van der Waals surface area contributed by atoms with Crippen molar-refractivity contribution in [2.45, 2.75) is 13.8 Å². The largest absolute Gasteiger partial charge is 0.377 e. The topological polar surface area (TPSA) is 3.24 Å². The normalized spacial score (nSPS) is 10.3. The maximum absolute atomic E-state index is 2.30. The first-order valence-electron chi connectivity index (χ1n) is 10.5. The highest BCUT2D eigenvalue weighted by molar-refractivity contribution is 7.80. The summed E-state index contributed by atoms with van der Waals surface area (Å²) in [6.45, 7) is 4.00. The van der Waals surface area contributed by atoms with E-state index in [9.17, 15) is 0 Å². The van der Waals surface area contributed by atoms with Gasteiger partial charge >= 0.3 is 0 Å². The van der Waals surface area contributed by atoms with Gasteiger partial charge in [-0.25, -0.2) is 0 Å². The second-order valence-corrected chi connectivity index (χ2v) is 9.12. The van der Waals surface area contributed by atoms with Crippen molar-refractivity contribution >= 4 is 29.5 Å². The molecule has 0 aliphatic carbocycles. The summed E-state index contributed by atoms with van der Waals surface area (Å²) in [5, 5.41) is 4.14. The van der Waals surface area contributed by atoms with Gasteiger partial charge in [0.05, 0.1) is 0 Å². The van der Waals surface area contributed by atoms with Crippen LogP contribution in [-0.2, 0) is 0 Å². The van der Waals surface area contributed by atoms with Crippen LogP contribution >= 0.6 is 7.92 Å². The van der Waals surface area contributed by atoms with Crippen molar-refractivity contribution in [2.75, 3.05) is 19.0 Å². The first-order chi connectivity index (χ1) is 14.8. The van der Waals surface area contributed by atoms with Gasteiger partial charge in [0.25, 0.3) is 0 Å². The van der Waals surface area contributed by atoms with E-state index >= 15 is 0 Å². The molecule has 0 saturated heterocycles. The SMILES string of the molecule is CC.CN(C)c1ccccc1-c1ccccc1P(c1ccccc1)c1ccccc1. The molecule has 0 unspecified atom stereocenters. The van der Waals surface area contributed by atoms with E-state index in [0.717, 1.165) is 0 Å². The smallest absolute Gasteiger partial charge is 0.0440 e. The molecular weight excluding hydrogens is 381 g/mol. The third-order valence-electron chi connectivity index (χ3n) is 4.85. The number of hydrogen-bond donors (Lipinski definition) is 0. The summed E-state index contributed by atoms with van der Waals surface area (Å²) in [7, 11) is 3.58. The lowest BCUT2D eigenvalue weighted by molar-refractivity contribution is 1.13. The molecular formula is C28H30NP. The number of nitrogens with zero attached hydrogens (tertiary/aromatic N) is 1. The molecule has 4 aromatic rings. The number of benzene rings is 4. The Bertz CT molecular complexity index is 1000. The zero-order valence-electron chi connectivity index (χ0n) is 18.3. The number of rotatable bonds is 5. The van der Waals surface area contributed by atoms with Crippen LogP contribution in [0.3, 0.4) is 0 Å². The lowest BCUT2D eigenvalue weighted by atomic mass is 10.0. The van der Waals surface area contributed by atoms with Gasteiger partial charge in [-0.1, -0.05) is 117 Å². The van der Waals surface area contributed by atoms with Crippen molar-refractivity contribution < 1.29 is 0 Å². The zero-order chi connectivity index (χ0) is 21.3. The van der Waals surface area contributed by atoms with Crippen LogP contribution < -0.4 is 20.8 Å². The average Bonchev–Trinajstić information content (AvgIpc) is 2.82. The van der Waals surface area contributed by atoms with Crippen molar-refractivity contribution in [1.29, 1.82) is 0 Å². The molecule has 0 saturated carbocycles. The zero-order valence-corrected chi connectivity index (χ0v) is 19.2. The van der Waals surface area contributed by atoms with Crippen LogP contribution in [0.15, 0.2) is 109 Å². The molecule has 0 aliphatic rings. The molecule has 152 valence electrons. The maximum Gasteiger partial charge on any atom is 0.0440 e. The van der Waals surface area contributed by atoms with Crippen molar-refractivity contribution in [1.82, 2.24) is 0 Å². The molecule has 4 rings (SSSR count). The Kier molecular flexibility index (Phi) is 7.82. The van der Waals surface area contributed by atoms with Gasteiger partial charge in [0, 0.05) is 25.3 Å². The van der Waals surface area contributed by atoms with E-state index in [2.05, 4.69) is 128 Å². The van der Waals surface area contributed by atoms with Crippen LogP contribution in [0.4, 0.5) is 5.69 Å². The molecule has 0 aromatic heterocycles. The Morgan fingerprint density at radius 2 is 0.933 bits per heavy atom. The molecule has 0 fully saturated rings. The van der Waals surface area contributed by atoms with Crippen molar-refractivity contribution in [3.63, 3.8) is 0 Å². The third-order valence-corrected chi connectivity index (χ3v) is 7.35. The summed E-state index contributed by atoms with van der Waals surface area (Å²) in [6.07, 6.45) is 0. The van der Waals surface area contributed by atoms with Crippen LogP contribution in [0, 0.1) is 0 Å². The summed E-state index contributed by atoms with van der Waals surface area (Å²) in [5.74, 6) is 0. The van der Waals surface area contributed by atoms with E-state index < -0.39 is 7.92 Å². The van der Waals surface area contributed by atoms with Gasteiger partial charge in [-0.3, -0.25) is 0 Å². The fourth-order valence-corrected chi connectivity index (χ4v) is 6.04. The molecule has 0 N–H and O–H groups in total. The molecule has 0 radical (unpaired) electrons. The molecule has 0 aliphatic heterocycles. The quantitative estimate of drug-likeness (QED) is 0.353. The number of para-hydroxylation sites is 1. The van der Waals surface area contributed by atoms with Gasteiger partial charge in [-0.05, 0) is 35.5 Å². The Morgan fingerprint density at radius 1 is 0.500 bits per heavy atom. The van der Waals surface area contributed by atoms with Crippen LogP contribution in [0.2, 0.25) is 0 Å². The van der Waals surface area contributed by atoms with E-state index in [1.54, 1.807) is 0 Å². The minimum atomic E-state index is -0.641. The number of hydrogen-bond acceptors (Lipinski definition) is 1. The highest BCUT2D eigenvalue weighted by Gasteiger charge is 2.21. The molecule has 0 spiro atoms. The van der Waals surface area contributed by atoms with E-state index in [1.165, 1.54) is 32.7 Å². The Morgan fingerprint density at radius 3 is 1.47 bits per heavy atom. The number of anilines is 1. The average molecular weight is 412 g/mol. The van der Waals surface area contributed by atoms with Gasteiger partial charge in [-0.2, -0.15) is 0 Å². The van der Waals surface area contributed by atoms with Crippen molar-refractivity contribution in [3.05, 3.63) is 109 Å². The van der Waals surface area contributed by atoms with E-state index in [4.69, 9.17) is 0 Å². The molecule has 0 atom stereocenters. The van der Waals surface area contributed by atoms with Crippen molar-refractivity contribution in [2.24, 2.45) is 0 Å². The molecule has 4 aromatic carbocycles. The predicted octanol–water partition coefficient (Wildman–Crippen LogP) is 6.20. The van der Waals surface area contributed by atoms with Crippen molar-refractivity contribution in [3.8, 4) is 11.1 Å². The highest BCUT2D eigenvalue weighted by atomic mass is 31.1. The van der Waals surface area contributed by atoms with Crippen LogP contribution in [0.1, 0.15) is 13.8 Å². The summed E-state index contributed by atoms with van der Waals surface area (Å²) < 4.78 is 0. The molecule has 1 nitrogen and oxygen atoms in total. The molecule has 2 heteroatoms. The van der Waals surface area contributed by atoms with Gasteiger partial charge in [0.1, 0.15) is 0 Å². The summed E-state index contributed by atoms with van der Waals surface area (Å²) in [5.41, 5.74) is 3.83. The molecule has 0 bridgehead atoms. The van der Waals surface area contributed by atoms with E-state index in [-0.39, 0.29) is 0 Å². The summed E-state index contributed by atoms with van der Waals surface area (Å²) >= 11 is 0. The Hall–Kier alpha value is -2.89. The molecule has 0 amide bonds. The van der Waals surface area contributed by atoms with Crippen LogP contribution in [0.25, 0.3) is 11.1 Å². The standard InChI is InChI=1S/C26H24NP.C2H6/c1-27(2)25-19-11-9-17-23(25)24-18-10-12-20-26(24)28(21-13-5-3-6-14-21)22-15-7-4-8-16-22;1-2/h3-20H,1-2H3;1-2H3. The fraction of sp³-hybridized carbons (Fsp3) is 0.143. The summed E-state index contributed by atoms with van der Waals surface area (Å²) in [6, 6.07) is 39.3. The van der Waals surface area contributed by atoms with E-state index in [0.29, 0.717) is 0 Å². The highest BCUT2D eigenvalue weighted by Crippen LogP contribution is 2.39. The predicted molar refractivity (Wildman–Crippen MR) is 136 cm³/mol. The second kappa shape index (κ2) is 10.8. The first-order valence-corrected chi connectivity index (χ1v) is 11.9. The Balaban J connectivity index is 0.00000124. The molecule has 0 heterocycles. The summed E-state index contributed by atoms with van der Waals surface area (Å²) in [4.78, 5) is 2.19. The maximum atomic E-state index is 2.30. The van der Waals surface area contributed by atoms with Gasteiger partial charge in [0.15, 0.2) is 0 Å². The van der Waals surface area contributed by atoms with Crippen LogP contribution in [0.5, 0.6) is 0 Å². The lowest BCUT2D eigenvalue weighted by Crippen LogP contribution is -2.22. The van der Waals surface area contributed by atoms with Gasteiger partial charge in [0.2, 0.25) is 0 Å². The minimum absolute atomic E-state index is 0.641. The van der Waals surface area contributed by atoms with E-state index in [1.807, 2.05) is 13.8 Å². The Labute approximate surface area is 182 Å². The lowest BCUT2D eigenvalue weighted by Gasteiger charge is -2.24. The third kappa shape index (κ3) is 4.81.